The summed E-state index contributed by atoms with van der Waals surface area (Å²) >= 11 is 3.25. The van der Waals surface area contributed by atoms with Gasteiger partial charge in [0.1, 0.15) is 11.4 Å². The van der Waals surface area contributed by atoms with E-state index < -0.39 is 35.2 Å². The average Bonchev–Trinajstić information content (AvgIpc) is 2.74. The number of hydrogen-bond donors (Lipinski definition) is 1. The van der Waals surface area contributed by atoms with Crippen molar-refractivity contribution in [3.63, 3.8) is 0 Å². The molecule has 154 valence electrons. The summed E-state index contributed by atoms with van der Waals surface area (Å²) in [7, 11) is 1.26. The quantitative estimate of drug-likeness (QED) is 0.434. The maximum Gasteiger partial charge on any atom is 0.338 e. The third-order valence-electron chi connectivity index (χ3n) is 4.44. The fourth-order valence-corrected chi connectivity index (χ4v) is 3.27. The first-order valence-electron chi connectivity index (χ1n) is 8.88. The number of anilines is 1. The third kappa shape index (κ3) is 4.41. The smallest absolute Gasteiger partial charge is 0.338 e. The highest BCUT2D eigenvalue weighted by Crippen LogP contribution is 2.13. The molecule has 2 N–H and O–H groups in total. The number of Topliss-reactive ketones (excluding diaryl/α,β-unsaturated/α-hetero) is 1. The van der Waals surface area contributed by atoms with Crippen molar-refractivity contribution < 1.29 is 14.3 Å². The topological polar surface area (TPSA) is 113 Å². The molecular weight excluding hydrogens is 454 g/mol. The summed E-state index contributed by atoms with van der Waals surface area (Å²) in [5, 5.41) is 0. The highest BCUT2D eigenvalue weighted by molar-refractivity contribution is 9.10. The number of rotatable bonds is 6. The van der Waals surface area contributed by atoms with Crippen molar-refractivity contribution in [2.24, 2.45) is 7.05 Å². The van der Waals surface area contributed by atoms with Gasteiger partial charge in [-0.25, -0.2) is 9.59 Å². The van der Waals surface area contributed by atoms with Crippen LogP contribution in [-0.4, -0.2) is 27.5 Å². The lowest BCUT2D eigenvalue weighted by atomic mass is 10.2. The van der Waals surface area contributed by atoms with Gasteiger partial charge < -0.3 is 10.5 Å². The van der Waals surface area contributed by atoms with Crippen molar-refractivity contribution in [3.05, 3.63) is 96.6 Å². The van der Waals surface area contributed by atoms with Crippen LogP contribution in [0.3, 0.4) is 0 Å². The van der Waals surface area contributed by atoms with Gasteiger partial charge in [-0.2, -0.15) is 0 Å². The molecule has 3 aromatic rings. The molecule has 0 atom stereocenters. The zero-order chi connectivity index (χ0) is 21.8. The molecular formula is C21H18BrN3O5. The van der Waals surface area contributed by atoms with Gasteiger partial charge in [0.25, 0.3) is 5.56 Å². The summed E-state index contributed by atoms with van der Waals surface area (Å²) in [5.41, 5.74) is 5.15. The maximum atomic E-state index is 12.7. The van der Waals surface area contributed by atoms with E-state index in [4.69, 9.17) is 10.5 Å². The molecule has 0 saturated carbocycles. The van der Waals surface area contributed by atoms with Gasteiger partial charge in [0, 0.05) is 11.5 Å². The summed E-state index contributed by atoms with van der Waals surface area (Å²) in [5.74, 6) is -1.79. The van der Waals surface area contributed by atoms with Crippen LogP contribution in [0.1, 0.15) is 26.3 Å². The second-order valence-corrected chi connectivity index (χ2v) is 7.40. The lowest BCUT2D eigenvalue weighted by molar-refractivity contribution is 0.0474. The molecule has 0 saturated heterocycles. The van der Waals surface area contributed by atoms with Crippen molar-refractivity contribution in [1.82, 2.24) is 9.13 Å². The summed E-state index contributed by atoms with van der Waals surface area (Å²) < 4.78 is 7.66. The van der Waals surface area contributed by atoms with E-state index in [0.29, 0.717) is 4.47 Å². The number of carbonyl (C=O) groups is 2. The molecule has 0 aliphatic carbocycles. The molecule has 3 rings (SSSR count). The Morgan fingerprint density at radius 3 is 2.43 bits per heavy atom. The second kappa shape index (κ2) is 8.91. The Kier molecular flexibility index (Phi) is 6.31. The summed E-state index contributed by atoms with van der Waals surface area (Å²) in [4.78, 5) is 49.9. The molecule has 0 spiro atoms. The average molecular weight is 472 g/mol. The van der Waals surface area contributed by atoms with Crippen LogP contribution in [-0.2, 0) is 18.3 Å². The Labute approximate surface area is 179 Å². The first kappa shape index (κ1) is 21.3. The third-order valence-corrected chi connectivity index (χ3v) is 4.93. The predicted octanol–water partition coefficient (Wildman–Crippen LogP) is 1.98. The number of benzene rings is 2. The van der Waals surface area contributed by atoms with E-state index in [1.165, 1.54) is 13.1 Å². The summed E-state index contributed by atoms with van der Waals surface area (Å²) in [6.45, 7) is -0.605. The summed E-state index contributed by atoms with van der Waals surface area (Å²) in [6, 6.07) is 15.5. The van der Waals surface area contributed by atoms with Crippen molar-refractivity contribution in [1.29, 1.82) is 0 Å². The molecule has 9 heteroatoms. The number of nitrogen functional groups attached to an aromatic ring is 1. The van der Waals surface area contributed by atoms with Crippen molar-refractivity contribution in [2.45, 2.75) is 6.54 Å². The van der Waals surface area contributed by atoms with Gasteiger partial charge in [0.15, 0.2) is 6.61 Å². The van der Waals surface area contributed by atoms with Crippen LogP contribution in [0.5, 0.6) is 0 Å². The Morgan fingerprint density at radius 2 is 1.77 bits per heavy atom. The summed E-state index contributed by atoms with van der Waals surface area (Å²) in [6.07, 6.45) is 0. The highest BCUT2D eigenvalue weighted by Gasteiger charge is 2.23. The number of nitrogens with two attached hydrogens (primary N) is 1. The molecule has 30 heavy (non-hydrogen) atoms. The van der Waals surface area contributed by atoms with Gasteiger partial charge in [-0.1, -0.05) is 52.3 Å². The minimum atomic E-state index is -0.842. The van der Waals surface area contributed by atoms with Crippen LogP contribution in [0, 0.1) is 0 Å². The molecule has 0 aliphatic heterocycles. The SMILES string of the molecule is Cn1c(=O)c(C(=O)COC(=O)c2cccc(Br)c2)c(N)n(Cc2ccccc2)c1=O. The number of ketones is 1. The molecule has 1 aromatic heterocycles. The van der Waals surface area contributed by atoms with Crippen LogP contribution < -0.4 is 17.0 Å². The van der Waals surface area contributed by atoms with Gasteiger partial charge in [-0.05, 0) is 23.8 Å². The van der Waals surface area contributed by atoms with E-state index in [1.54, 1.807) is 42.5 Å². The molecule has 0 radical (unpaired) electrons. The Morgan fingerprint density at radius 1 is 1.07 bits per heavy atom. The lowest BCUT2D eigenvalue weighted by Gasteiger charge is -2.14. The molecule has 0 fully saturated rings. The number of aromatic nitrogens is 2. The van der Waals surface area contributed by atoms with E-state index in [0.717, 1.165) is 14.7 Å². The van der Waals surface area contributed by atoms with E-state index in [2.05, 4.69) is 15.9 Å². The Bertz CT molecular complexity index is 1230. The van der Waals surface area contributed by atoms with E-state index in [9.17, 15) is 19.2 Å². The Hall–Kier alpha value is -3.46. The zero-order valence-electron chi connectivity index (χ0n) is 16.0. The van der Waals surface area contributed by atoms with E-state index in [-0.39, 0.29) is 17.9 Å². The van der Waals surface area contributed by atoms with Crippen LogP contribution >= 0.6 is 15.9 Å². The minimum Gasteiger partial charge on any atom is -0.454 e. The first-order valence-corrected chi connectivity index (χ1v) is 9.68. The maximum absolute atomic E-state index is 12.7. The number of carbonyl (C=O) groups excluding carboxylic acids is 2. The fraction of sp³-hybridized carbons (Fsp3) is 0.143. The van der Waals surface area contributed by atoms with Gasteiger partial charge in [0.2, 0.25) is 5.78 Å². The molecule has 1 heterocycles. The normalized spacial score (nSPS) is 10.6. The largest absolute Gasteiger partial charge is 0.454 e. The number of nitrogens with zero attached hydrogens (tertiary/aromatic N) is 2. The number of halogens is 1. The molecule has 0 bridgehead atoms. The zero-order valence-corrected chi connectivity index (χ0v) is 17.6. The molecule has 8 nitrogen and oxygen atoms in total. The molecule has 0 amide bonds. The molecule has 2 aromatic carbocycles. The van der Waals surface area contributed by atoms with Gasteiger partial charge in [-0.3, -0.25) is 18.7 Å². The van der Waals surface area contributed by atoms with Gasteiger partial charge in [0.05, 0.1) is 12.1 Å². The number of hydrogen-bond acceptors (Lipinski definition) is 6. The standard InChI is InChI=1S/C21H18BrN3O5/c1-24-19(27)17(16(26)12-30-20(28)14-8-5-9-15(22)10-14)18(23)25(21(24)29)11-13-6-3-2-4-7-13/h2-10H,11-12,23H2,1H3. The second-order valence-electron chi connectivity index (χ2n) is 6.49. The van der Waals surface area contributed by atoms with Crippen LogP contribution in [0.4, 0.5) is 5.82 Å². The lowest BCUT2D eigenvalue weighted by Crippen LogP contribution is -2.43. The molecule has 0 aliphatic rings. The monoisotopic (exact) mass is 471 g/mol. The van der Waals surface area contributed by atoms with Crippen molar-refractivity contribution >= 4 is 33.5 Å². The number of esters is 1. The van der Waals surface area contributed by atoms with Gasteiger partial charge in [-0.15, -0.1) is 0 Å². The minimum absolute atomic E-state index is 0.0811. The first-order chi connectivity index (χ1) is 14.3. The van der Waals surface area contributed by atoms with Crippen molar-refractivity contribution in [2.75, 3.05) is 12.3 Å². The van der Waals surface area contributed by atoms with Crippen LogP contribution in [0.15, 0.2) is 68.7 Å². The van der Waals surface area contributed by atoms with E-state index in [1.807, 2.05) is 6.07 Å². The predicted molar refractivity (Wildman–Crippen MR) is 115 cm³/mol. The fourth-order valence-electron chi connectivity index (χ4n) is 2.87. The van der Waals surface area contributed by atoms with Crippen LogP contribution in [0.25, 0.3) is 0 Å². The van der Waals surface area contributed by atoms with Crippen LogP contribution in [0.2, 0.25) is 0 Å². The van der Waals surface area contributed by atoms with Crippen molar-refractivity contribution in [3.8, 4) is 0 Å². The van der Waals surface area contributed by atoms with E-state index >= 15 is 0 Å². The number of ether oxygens (including phenoxy) is 1. The Balaban J connectivity index is 1.89. The highest BCUT2D eigenvalue weighted by atomic mass is 79.9. The molecule has 0 unspecified atom stereocenters. The van der Waals surface area contributed by atoms with Gasteiger partial charge >= 0.3 is 11.7 Å².